The topological polar surface area (TPSA) is 60.4 Å². The number of fused-ring (bicyclic) bond motifs is 1. The summed E-state index contributed by atoms with van der Waals surface area (Å²) in [7, 11) is -2.78. The Morgan fingerprint density at radius 1 is 1.26 bits per heavy atom. The zero-order valence-corrected chi connectivity index (χ0v) is 14.5. The molecule has 1 saturated heterocycles. The second-order valence-electron chi connectivity index (χ2n) is 6.06. The quantitative estimate of drug-likeness (QED) is 0.718. The van der Waals surface area contributed by atoms with Crippen LogP contribution in [0.15, 0.2) is 29.6 Å². The number of carbonyl (C=O) groups is 1. The van der Waals surface area contributed by atoms with Crippen molar-refractivity contribution in [3.05, 3.63) is 35.2 Å². The van der Waals surface area contributed by atoms with E-state index in [1.807, 2.05) is 12.1 Å². The van der Waals surface area contributed by atoms with E-state index in [1.54, 1.807) is 11.3 Å². The maximum absolute atomic E-state index is 11.7. The molecule has 0 atom stereocenters. The molecule has 0 spiro atoms. The number of thiophene rings is 1. The van der Waals surface area contributed by atoms with Gasteiger partial charge >= 0.3 is 5.97 Å². The van der Waals surface area contributed by atoms with E-state index in [2.05, 4.69) is 17.5 Å². The summed E-state index contributed by atoms with van der Waals surface area (Å²) in [5, 5.41) is 3.43. The maximum atomic E-state index is 11.7. The van der Waals surface area contributed by atoms with Gasteiger partial charge in [-0.15, -0.1) is 11.3 Å². The van der Waals surface area contributed by atoms with Crippen LogP contribution < -0.4 is 0 Å². The second-order valence-corrected chi connectivity index (χ2v) is 9.13. The Hall–Kier alpha value is -1.40. The first kappa shape index (κ1) is 16.5. The van der Waals surface area contributed by atoms with Gasteiger partial charge in [-0.2, -0.15) is 0 Å². The van der Waals surface area contributed by atoms with Crippen LogP contribution in [0.4, 0.5) is 0 Å². The lowest BCUT2D eigenvalue weighted by atomic mass is 10.1. The van der Waals surface area contributed by atoms with Gasteiger partial charge in [0.2, 0.25) is 0 Å². The highest BCUT2D eigenvalue weighted by Crippen LogP contribution is 2.27. The Kier molecular flexibility index (Phi) is 5.02. The number of benzene rings is 1. The van der Waals surface area contributed by atoms with Crippen LogP contribution in [-0.2, 0) is 25.8 Å². The standard InChI is InChI=1S/C17H20O4S2/c18-17(21-9-8-13-11-23(19,20)12-13)7-3-4-14-10-22-16-6-2-1-5-15(14)16/h1-2,5-6,10,13H,3-4,7-9,11-12H2. The van der Waals surface area contributed by atoms with Gasteiger partial charge in [0.05, 0.1) is 18.1 Å². The van der Waals surface area contributed by atoms with Gasteiger partial charge in [-0.3, -0.25) is 4.79 Å². The number of hydrogen-bond donors (Lipinski definition) is 0. The van der Waals surface area contributed by atoms with Gasteiger partial charge in [0.15, 0.2) is 9.84 Å². The lowest BCUT2D eigenvalue weighted by Gasteiger charge is -2.25. The number of rotatable bonds is 7. The molecule has 2 aromatic rings. The molecule has 6 heteroatoms. The Balaban J connectivity index is 1.35. The molecule has 1 aromatic carbocycles. The summed E-state index contributed by atoms with van der Waals surface area (Å²) in [6, 6.07) is 8.30. The largest absolute Gasteiger partial charge is 0.466 e. The molecule has 0 radical (unpaired) electrons. The van der Waals surface area contributed by atoms with Crippen LogP contribution in [0.5, 0.6) is 0 Å². The average Bonchev–Trinajstić information content (AvgIpc) is 2.89. The van der Waals surface area contributed by atoms with Crippen molar-refractivity contribution in [1.29, 1.82) is 0 Å². The van der Waals surface area contributed by atoms with Crippen molar-refractivity contribution in [2.75, 3.05) is 18.1 Å². The van der Waals surface area contributed by atoms with E-state index in [9.17, 15) is 13.2 Å². The molecule has 0 bridgehead atoms. The van der Waals surface area contributed by atoms with Crippen molar-refractivity contribution in [2.45, 2.75) is 25.7 Å². The Morgan fingerprint density at radius 3 is 2.83 bits per heavy atom. The predicted molar refractivity (Wildman–Crippen MR) is 92.5 cm³/mol. The molecular formula is C17H20O4S2. The molecule has 0 amide bonds. The van der Waals surface area contributed by atoms with Crippen molar-refractivity contribution in [2.24, 2.45) is 5.92 Å². The molecule has 1 aliphatic heterocycles. The van der Waals surface area contributed by atoms with E-state index in [0.717, 1.165) is 12.8 Å². The van der Waals surface area contributed by atoms with Crippen molar-refractivity contribution in [3.63, 3.8) is 0 Å². The molecule has 0 saturated carbocycles. The second kappa shape index (κ2) is 7.01. The molecule has 1 fully saturated rings. The summed E-state index contributed by atoms with van der Waals surface area (Å²) in [5.41, 5.74) is 1.29. The van der Waals surface area contributed by atoms with E-state index in [4.69, 9.17) is 4.74 Å². The molecule has 2 heterocycles. The van der Waals surface area contributed by atoms with E-state index in [-0.39, 0.29) is 23.4 Å². The minimum atomic E-state index is -2.78. The van der Waals surface area contributed by atoms with Gasteiger partial charge in [-0.1, -0.05) is 18.2 Å². The van der Waals surface area contributed by atoms with Gasteiger partial charge in [0, 0.05) is 11.1 Å². The number of sulfone groups is 1. The number of hydrogen-bond acceptors (Lipinski definition) is 5. The van der Waals surface area contributed by atoms with Crippen LogP contribution in [0, 0.1) is 5.92 Å². The molecule has 3 rings (SSSR count). The van der Waals surface area contributed by atoms with Crippen LogP contribution in [0.25, 0.3) is 10.1 Å². The van der Waals surface area contributed by atoms with Crippen molar-refractivity contribution in [3.8, 4) is 0 Å². The SMILES string of the molecule is O=C(CCCc1csc2ccccc12)OCCC1CS(=O)(=O)C1. The average molecular weight is 352 g/mol. The van der Waals surface area contributed by atoms with E-state index in [1.165, 1.54) is 15.6 Å². The zero-order valence-electron chi connectivity index (χ0n) is 12.9. The molecule has 124 valence electrons. The minimum absolute atomic E-state index is 0.171. The highest BCUT2D eigenvalue weighted by Gasteiger charge is 2.32. The molecule has 1 aliphatic rings. The monoisotopic (exact) mass is 352 g/mol. The number of esters is 1. The van der Waals surface area contributed by atoms with Gasteiger partial charge in [-0.05, 0) is 47.6 Å². The van der Waals surface area contributed by atoms with Gasteiger partial charge in [0.25, 0.3) is 0 Å². The first-order valence-corrected chi connectivity index (χ1v) is 10.5. The normalized spacial score (nSPS) is 17.0. The first-order chi connectivity index (χ1) is 11.0. The third-order valence-electron chi connectivity index (χ3n) is 4.16. The van der Waals surface area contributed by atoms with Gasteiger partial charge in [-0.25, -0.2) is 8.42 Å². The van der Waals surface area contributed by atoms with Crippen LogP contribution >= 0.6 is 11.3 Å². The summed E-state index contributed by atoms with van der Waals surface area (Å²) in [5.74, 6) is 0.475. The van der Waals surface area contributed by atoms with Crippen LogP contribution in [0.1, 0.15) is 24.8 Å². The fourth-order valence-corrected chi connectivity index (χ4v) is 5.57. The fraction of sp³-hybridized carbons (Fsp3) is 0.471. The molecule has 0 unspecified atom stereocenters. The lowest BCUT2D eigenvalue weighted by Crippen LogP contribution is -2.36. The summed E-state index contributed by atoms with van der Waals surface area (Å²) in [4.78, 5) is 11.7. The highest BCUT2D eigenvalue weighted by atomic mass is 32.2. The number of ether oxygens (including phenoxy) is 1. The third-order valence-corrected chi connectivity index (χ3v) is 7.13. The molecular weight excluding hydrogens is 332 g/mol. The van der Waals surface area contributed by atoms with Crippen LogP contribution in [0.3, 0.4) is 0 Å². The van der Waals surface area contributed by atoms with E-state index < -0.39 is 9.84 Å². The van der Waals surface area contributed by atoms with Crippen molar-refractivity contribution >= 4 is 37.2 Å². The third kappa shape index (κ3) is 4.32. The first-order valence-electron chi connectivity index (χ1n) is 7.85. The summed E-state index contributed by atoms with van der Waals surface area (Å²) < 4.78 is 28.5. The minimum Gasteiger partial charge on any atom is -0.466 e. The molecule has 0 N–H and O–H groups in total. The fourth-order valence-electron chi connectivity index (χ4n) is 2.90. The van der Waals surface area contributed by atoms with Crippen LogP contribution in [-0.4, -0.2) is 32.5 Å². The van der Waals surface area contributed by atoms with E-state index >= 15 is 0 Å². The van der Waals surface area contributed by atoms with Gasteiger partial charge < -0.3 is 4.74 Å². The summed E-state index contributed by atoms with van der Waals surface area (Å²) in [6.45, 7) is 0.334. The molecule has 0 aliphatic carbocycles. The number of carbonyl (C=O) groups excluding carboxylic acids is 1. The Labute approximate surface area is 140 Å². The highest BCUT2D eigenvalue weighted by molar-refractivity contribution is 7.92. The molecule has 1 aromatic heterocycles. The van der Waals surface area contributed by atoms with Crippen molar-refractivity contribution in [1.82, 2.24) is 0 Å². The van der Waals surface area contributed by atoms with Crippen molar-refractivity contribution < 1.29 is 17.9 Å². The molecule has 4 nitrogen and oxygen atoms in total. The zero-order chi connectivity index (χ0) is 16.3. The Bertz CT molecular complexity index is 780. The lowest BCUT2D eigenvalue weighted by molar-refractivity contribution is -0.144. The Morgan fingerprint density at radius 2 is 2.04 bits per heavy atom. The van der Waals surface area contributed by atoms with Gasteiger partial charge in [0.1, 0.15) is 0 Å². The summed E-state index contributed by atoms with van der Waals surface area (Å²) in [6.07, 6.45) is 2.71. The smallest absolute Gasteiger partial charge is 0.305 e. The van der Waals surface area contributed by atoms with Crippen LogP contribution in [0.2, 0.25) is 0 Å². The predicted octanol–water partition coefficient (Wildman–Crippen LogP) is 3.20. The molecule has 23 heavy (non-hydrogen) atoms. The van der Waals surface area contributed by atoms with E-state index in [0.29, 0.717) is 19.4 Å². The maximum Gasteiger partial charge on any atom is 0.305 e. The summed E-state index contributed by atoms with van der Waals surface area (Å²) >= 11 is 1.73. The number of aryl methyl sites for hydroxylation is 1.